The van der Waals surface area contributed by atoms with Gasteiger partial charge in [-0.05, 0) is 44.9 Å². The minimum absolute atomic E-state index is 0.229. The van der Waals surface area contributed by atoms with E-state index in [1.807, 2.05) is 6.08 Å². The SMILES string of the molecule is CCCCCCCCCCCCC/C=C/[C@@H](O)[C@@H](N)C(O)CC(O)CCCCCCC=CCCCCCCCCCCCCCC. The predicted molar refractivity (Wildman–Crippen MR) is 203 cm³/mol. The number of unbranched alkanes of at least 4 members (excludes halogenated alkanes) is 27. The quantitative estimate of drug-likeness (QED) is 0.0398. The fourth-order valence-corrected chi connectivity index (χ4v) is 6.41. The molecule has 0 aromatic heterocycles. The van der Waals surface area contributed by atoms with Crippen molar-refractivity contribution in [2.24, 2.45) is 5.73 Å². The van der Waals surface area contributed by atoms with Gasteiger partial charge < -0.3 is 21.1 Å². The van der Waals surface area contributed by atoms with Crippen LogP contribution in [0.1, 0.15) is 219 Å². The molecule has 0 aliphatic carbocycles. The van der Waals surface area contributed by atoms with E-state index in [0.29, 0.717) is 6.42 Å². The predicted octanol–water partition coefficient (Wildman–Crippen LogP) is 12.0. The molecule has 0 fully saturated rings. The standard InChI is InChI=1S/C42H83NO3/c1-3-5-7-9-11-13-15-17-18-19-20-21-22-23-25-26-28-30-32-34-36-39(44)38-41(46)42(43)40(45)37-35-33-31-29-27-24-16-14-12-10-8-6-4-2/h23,25,35,37,39-42,44-46H,3-22,24,26-34,36,38,43H2,1-2H3/b25-23?,37-35+/t39?,40-,41?,42-/m1/s1. The highest BCUT2D eigenvalue weighted by molar-refractivity contribution is 4.96. The number of aliphatic hydroxyl groups is 3. The zero-order valence-electron chi connectivity index (χ0n) is 31.2. The molecule has 0 rings (SSSR count). The number of hydrogen-bond acceptors (Lipinski definition) is 4. The van der Waals surface area contributed by atoms with E-state index in [9.17, 15) is 15.3 Å². The second-order valence-electron chi connectivity index (χ2n) is 14.4. The molecule has 2 unspecified atom stereocenters. The van der Waals surface area contributed by atoms with Crippen LogP contribution in [0.3, 0.4) is 0 Å². The van der Waals surface area contributed by atoms with E-state index >= 15 is 0 Å². The molecule has 4 nitrogen and oxygen atoms in total. The Labute approximate surface area is 288 Å². The van der Waals surface area contributed by atoms with Crippen molar-refractivity contribution in [1.29, 1.82) is 0 Å². The van der Waals surface area contributed by atoms with Gasteiger partial charge in [-0.2, -0.15) is 0 Å². The smallest absolute Gasteiger partial charge is 0.0897 e. The highest BCUT2D eigenvalue weighted by Crippen LogP contribution is 2.16. The largest absolute Gasteiger partial charge is 0.393 e. The normalized spacial score (nSPS) is 14.8. The van der Waals surface area contributed by atoms with Crippen LogP contribution in [-0.4, -0.2) is 39.7 Å². The zero-order chi connectivity index (χ0) is 33.8. The van der Waals surface area contributed by atoms with E-state index in [-0.39, 0.29) is 6.42 Å². The van der Waals surface area contributed by atoms with Crippen LogP contribution < -0.4 is 5.73 Å². The molecule has 0 radical (unpaired) electrons. The molecule has 0 bridgehead atoms. The van der Waals surface area contributed by atoms with Gasteiger partial charge in [0, 0.05) is 6.42 Å². The Morgan fingerprint density at radius 1 is 0.435 bits per heavy atom. The summed E-state index contributed by atoms with van der Waals surface area (Å²) in [6, 6.07) is -0.759. The van der Waals surface area contributed by atoms with Crippen LogP contribution in [0.25, 0.3) is 0 Å². The van der Waals surface area contributed by atoms with Crippen molar-refractivity contribution in [3.8, 4) is 0 Å². The molecule has 0 saturated carbocycles. The molecule has 46 heavy (non-hydrogen) atoms. The van der Waals surface area contributed by atoms with E-state index in [1.54, 1.807) is 6.08 Å². The van der Waals surface area contributed by atoms with Crippen molar-refractivity contribution in [3.63, 3.8) is 0 Å². The lowest BCUT2D eigenvalue weighted by Crippen LogP contribution is -2.45. The molecular formula is C42H83NO3. The maximum Gasteiger partial charge on any atom is 0.0897 e. The first-order valence-corrected chi connectivity index (χ1v) is 20.6. The Morgan fingerprint density at radius 2 is 0.761 bits per heavy atom. The molecule has 4 atom stereocenters. The van der Waals surface area contributed by atoms with Gasteiger partial charge in [0.05, 0.1) is 24.4 Å². The number of hydrogen-bond donors (Lipinski definition) is 4. The number of rotatable bonds is 37. The number of aliphatic hydroxyl groups excluding tert-OH is 3. The first-order chi connectivity index (χ1) is 22.5. The van der Waals surface area contributed by atoms with Crippen molar-refractivity contribution in [2.45, 2.75) is 244 Å². The molecule has 0 aromatic rings. The van der Waals surface area contributed by atoms with Crippen LogP contribution in [-0.2, 0) is 0 Å². The van der Waals surface area contributed by atoms with E-state index in [1.165, 1.54) is 161 Å². The molecule has 274 valence electrons. The van der Waals surface area contributed by atoms with Crippen LogP contribution >= 0.6 is 0 Å². The van der Waals surface area contributed by atoms with E-state index in [4.69, 9.17) is 5.73 Å². The monoisotopic (exact) mass is 650 g/mol. The van der Waals surface area contributed by atoms with Gasteiger partial charge >= 0.3 is 0 Å². The molecular weight excluding hydrogens is 566 g/mol. The van der Waals surface area contributed by atoms with E-state index < -0.39 is 24.4 Å². The average molecular weight is 650 g/mol. The molecule has 0 aliphatic rings. The van der Waals surface area contributed by atoms with Crippen LogP contribution in [0.4, 0.5) is 0 Å². The molecule has 5 N–H and O–H groups in total. The summed E-state index contributed by atoms with van der Waals surface area (Å²) < 4.78 is 0. The first-order valence-electron chi connectivity index (χ1n) is 20.6. The summed E-state index contributed by atoms with van der Waals surface area (Å²) in [6.45, 7) is 4.55. The second kappa shape index (κ2) is 37.1. The molecule has 0 aromatic carbocycles. The number of nitrogens with two attached hydrogens (primary N) is 1. The van der Waals surface area contributed by atoms with E-state index in [0.717, 1.165) is 32.1 Å². The van der Waals surface area contributed by atoms with Crippen LogP contribution in [0.15, 0.2) is 24.3 Å². The molecule has 0 heterocycles. The minimum atomic E-state index is -0.896. The summed E-state index contributed by atoms with van der Waals surface area (Å²) >= 11 is 0. The highest BCUT2D eigenvalue weighted by atomic mass is 16.3. The van der Waals surface area contributed by atoms with Crippen molar-refractivity contribution in [2.75, 3.05) is 0 Å². The van der Waals surface area contributed by atoms with Crippen molar-refractivity contribution in [1.82, 2.24) is 0 Å². The maximum absolute atomic E-state index is 10.4. The zero-order valence-corrected chi connectivity index (χ0v) is 31.2. The molecule has 0 saturated heterocycles. The third-order valence-corrected chi connectivity index (χ3v) is 9.71. The Hall–Kier alpha value is -0.680. The van der Waals surface area contributed by atoms with Gasteiger partial charge in [0.1, 0.15) is 0 Å². The lowest BCUT2D eigenvalue weighted by atomic mass is 9.97. The van der Waals surface area contributed by atoms with E-state index in [2.05, 4.69) is 26.0 Å². The third-order valence-electron chi connectivity index (χ3n) is 9.71. The van der Waals surface area contributed by atoms with Crippen molar-refractivity contribution < 1.29 is 15.3 Å². The summed E-state index contributed by atoms with van der Waals surface area (Å²) in [5, 5.41) is 31.2. The van der Waals surface area contributed by atoms with Gasteiger partial charge in [0.2, 0.25) is 0 Å². The highest BCUT2D eigenvalue weighted by Gasteiger charge is 2.23. The minimum Gasteiger partial charge on any atom is -0.393 e. The molecule has 0 spiro atoms. The van der Waals surface area contributed by atoms with Gasteiger partial charge in [-0.15, -0.1) is 0 Å². The first kappa shape index (κ1) is 45.3. The second-order valence-corrected chi connectivity index (χ2v) is 14.4. The Morgan fingerprint density at radius 3 is 1.15 bits per heavy atom. The topological polar surface area (TPSA) is 86.7 Å². The molecule has 0 aliphatic heterocycles. The Bertz CT molecular complexity index is 636. The summed E-state index contributed by atoms with van der Waals surface area (Å²) in [5.41, 5.74) is 6.09. The van der Waals surface area contributed by atoms with Gasteiger partial charge in [0.25, 0.3) is 0 Å². The van der Waals surface area contributed by atoms with Gasteiger partial charge in [-0.25, -0.2) is 0 Å². The van der Waals surface area contributed by atoms with Crippen molar-refractivity contribution >= 4 is 0 Å². The van der Waals surface area contributed by atoms with Crippen LogP contribution in [0, 0.1) is 0 Å². The Kier molecular flexibility index (Phi) is 36.6. The summed E-state index contributed by atoms with van der Waals surface area (Å²) in [6.07, 6.45) is 46.3. The van der Waals surface area contributed by atoms with Gasteiger partial charge in [-0.1, -0.05) is 192 Å². The van der Waals surface area contributed by atoms with Crippen LogP contribution in [0.5, 0.6) is 0 Å². The summed E-state index contributed by atoms with van der Waals surface area (Å²) in [7, 11) is 0. The van der Waals surface area contributed by atoms with Crippen LogP contribution in [0.2, 0.25) is 0 Å². The lowest BCUT2D eigenvalue weighted by molar-refractivity contribution is 0.0315. The Balaban J connectivity index is 3.58. The summed E-state index contributed by atoms with van der Waals surface area (Å²) in [4.78, 5) is 0. The van der Waals surface area contributed by atoms with Gasteiger partial charge in [0.15, 0.2) is 0 Å². The molecule has 0 amide bonds. The fraction of sp³-hybridized carbons (Fsp3) is 0.905. The lowest BCUT2D eigenvalue weighted by Gasteiger charge is -2.24. The summed E-state index contributed by atoms with van der Waals surface area (Å²) in [5.74, 6) is 0. The maximum atomic E-state index is 10.4. The van der Waals surface area contributed by atoms with Crippen molar-refractivity contribution in [3.05, 3.63) is 24.3 Å². The third kappa shape index (κ3) is 33.2. The number of allylic oxidation sites excluding steroid dienone is 3. The van der Waals surface area contributed by atoms with Gasteiger partial charge in [-0.3, -0.25) is 0 Å². The average Bonchev–Trinajstić information content (AvgIpc) is 3.05. The fourth-order valence-electron chi connectivity index (χ4n) is 6.41. The molecule has 4 heteroatoms.